The van der Waals surface area contributed by atoms with Crippen molar-refractivity contribution in [3.8, 4) is 0 Å². The normalized spacial score (nSPS) is 17.6. The highest BCUT2D eigenvalue weighted by Crippen LogP contribution is 2.39. The molecule has 1 saturated heterocycles. The summed E-state index contributed by atoms with van der Waals surface area (Å²) in [6.45, 7) is 2.25. The van der Waals surface area contributed by atoms with Crippen LogP contribution in [0.2, 0.25) is 0 Å². The number of carbonyl (C=O) groups is 2. The van der Waals surface area contributed by atoms with Gasteiger partial charge in [0, 0.05) is 29.2 Å². The molecule has 0 aliphatic carbocycles. The molecule has 2 heterocycles. The van der Waals surface area contributed by atoms with E-state index in [1.54, 1.807) is 0 Å². The fourth-order valence-electron chi connectivity index (χ4n) is 4.55. The summed E-state index contributed by atoms with van der Waals surface area (Å²) in [6, 6.07) is 19.9. The van der Waals surface area contributed by atoms with Crippen LogP contribution >= 0.6 is 0 Å². The first-order valence-corrected chi connectivity index (χ1v) is 11.1. The van der Waals surface area contributed by atoms with Crippen molar-refractivity contribution in [1.82, 2.24) is 9.88 Å². The van der Waals surface area contributed by atoms with Crippen LogP contribution in [0.25, 0.3) is 16.7 Å². The molecule has 1 atom stereocenters. The molecule has 5 nitrogen and oxygen atoms in total. The third kappa shape index (κ3) is 3.77. The fraction of sp³-hybridized carbons (Fsp3) is 0.143. The molecule has 1 aliphatic heterocycles. The number of likely N-dealkylation sites (tertiary alicyclic amines) is 1. The topological polar surface area (TPSA) is 73.4 Å². The van der Waals surface area contributed by atoms with Gasteiger partial charge in [0.05, 0.1) is 11.6 Å². The van der Waals surface area contributed by atoms with E-state index < -0.39 is 23.5 Å². The van der Waals surface area contributed by atoms with E-state index in [1.165, 1.54) is 29.2 Å². The molecule has 3 aromatic carbocycles. The molecule has 1 aromatic heterocycles. The molecule has 0 spiro atoms. The molecule has 1 unspecified atom stereocenters. The molecule has 34 heavy (non-hydrogen) atoms. The molecule has 170 valence electrons. The van der Waals surface area contributed by atoms with E-state index in [1.807, 2.05) is 61.7 Å². The summed E-state index contributed by atoms with van der Waals surface area (Å²) in [5, 5.41) is 12.1. The quantitative estimate of drug-likeness (QED) is 0.245. The number of halogens is 1. The smallest absolute Gasteiger partial charge is 0.295 e. The SMILES string of the molecule is Cc1ccc(C2/C(=C(\O)c3ccc(F)cc3)C(=O)C(=O)N2CCc2c[nH]c3ccccc23)cc1. The first kappa shape index (κ1) is 21.6. The number of hydrogen-bond donors (Lipinski definition) is 2. The molecule has 0 saturated carbocycles. The average Bonchev–Trinajstić information content (AvgIpc) is 3.37. The van der Waals surface area contributed by atoms with E-state index in [2.05, 4.69) is 4.98 Å². The number of H-pyrrole nitrogens is 1. The molecule has 4 aromatic rings. The van der Waals surface area contributed by atoms with Crippen LogP contribution in [0.5, 0.6) is 0 Å². The average molecular weight is 455 g/mol. The number of aromatic nitrogens is 1. The van der Waals surface area contributed by atoms with Crippen LogP contribution in [-0.4, -0.2) is 33.2 Å². The summed E-state index contributed by atoms with van der Waals surface area (Å²) in [6.07, 6.45) is 2.46. The van der Waals surface area contributed by atoms with Gasteiger partial charge in [0.15, 0.2) is 0 Å². The Kier molecular flexibility index (Phi) is 5.49. The number of Topliss-reactive ketones (excluding diaryl/α,β-unsaturated/α-hetero) is 1. The van der Waals surface area contributed by atoms with Crippen molar-refractivity contribution in [2.45, 2.75) is 19.4 Å². The van der Waals surface area contributed by atoms with E-state index in [-0.39, 0.29) is 16.9 Å². The van der Waals surface area contributed by atoms with Gasteiger partial charge in [0.1, 0.15) is 11.6 Å². The number of aromatic amines is 1. The van der Waals surface area contributed by atoms with Gasteiger partial charge in [-0.1, -0.05) is 48.0 Å². The molecule has 2 N–H and O–H groups in total. The highest BCUT2D eigenvalue weighted by atomic mass is 19.1. The van der Waals surface area contributed by atoms with Crippen LogP contribution in [0, 0.1) is 12.7 Å². The number of benzene rings is 3. The minimum Gasteiger partial charge on any atom is -0.507 e. The van der Waals surface area contributed by atoms with E-state index in [0.717, 1.165) is 27.6 Å². The van der Waals surface area contributed by atoms with Crippen LogP contribution in [0.15, 0.2) is 84.6 Å². The Morgan fingerprint density at radius 1 is 1.00 bits per heavy atom. The molecular weight excluding hydrogens is 431 g/mol. The van der Waals surface area contributed by atoms with Gasteiger partial charge in [-0.3, -0.25) is 9.59 Å². The molecule has 0 radical (unpaired) electrons. The van der Waals surface area contributed by atoms with Gasteiger partial charge >= 0.3 is 0 Å². The highest BCUT2D eigenvalue weighted by Gasteiger charge is 2.45. The summed E-state index contributed by atoms with van der Waals surface area (Å²) < 4.78 is 13.4. The van der Waals surface area contributed by atoms with Crippen molar-refractivity contribution < 1.29 is 19.1 Å². The number of aliphatic hydroxyl groups excluding tert-OH is 1. The van der Waals surface area contributed by atoms with Crippen LogP contribution < -0.4 is 0 Å². The second-order valence-electron chi connectivity index (χ2n) is 8.52. The number of aryl methyl sites for hydroxylation is 1. The zero-order valence-electron chi connectivity index (χ0n) is 18.6. The molecule has 6 heteroatoms. The molecule has 1 aliphatic rings. The monoisotopic (exact) mass is 454 g/mol. The third-order valence-electron chi connectivity index (χ3n) is 6.35. The minimum absolute atomic E-state index is 0.0133. The van der Waals surface area contributed by atoms with E-state index >= 15 is 0 Å². The number of amides is 1. The van der Waals surface area contributed by atoms with Crippen molar-refractivity contribution in [2.75, 3.05) is 6.54 Å². The van der Waals surface area contributed by atoms with E-state index in [4.69, 9.17) is 0 Å². The highest BCUT2D eigenvalue weighted by molar-refractivity contribution is 6.46. The largest absolute Gasteiger partial charge is 0.507 e. The maximum atomic E-state index is 13.4. The Labute approximate surface area is 196 Å². The van der Waals surface area contributed by atoms with Crippen molar-refractivity contribution >= 4 is 28.4 Å². The maximum Gasteiger partial charge on any atom is 0.295 e. The van der Waals surface area contributed by atoms with Crippen molar-refractivity contribution in [3.63, 3.8) is 0 Å². The number of nitrogens with zero attached hydrogens (tertiary/aromatic N) is 1. The van der Waals surface area contributed by atoms with Gasteiger partial charge < -0.3 is 15.0 Å². The zero-order chi connectivity index (χ0) is 23.8. The number of para-hydroxylation sites is 1. The molecule has 1 amide bonds. The predicted octanol–water partition coefficient (Wildman–Crippen LogP) is 5.28. The first-order chi connectivity index (χ1) is 16.4. The van der Waals surface area contributed by atoms with Crippen LogP contribution in [-0.2, 0) is 16.0 Å². The van der Waals surface area contributed by atoms with Gasteiger partial charge in [-0.15, -0.1) is 0 Å². The van der Waals surface area contributed by atoms with E-state index in [0.29, 0.717) is 13.0 Å². The maximum absolute atomic E-state index is 13.4. The number of rotatable bonds is 5. The molecule has 0 bridgehead atoms. The number of nitrogens with one attached hydrogen (secondary N) is 1. The summed E-state index contributed by atoms with van der Waals surface area (Å²) in [5.74, 6) is -2.16. The molecule has 1 fully saturated rings. The van der Waals surface area contributed by atoms with Crippen molar-refractivity contribution in [3.05, 3.63) is 113 Å². The Hall–Kier alpha value is -4.19. The van der Waals surface area contributed by atoms with Crippen molar-refractivity contribution in [1.29, 1.82) is 0 Å². The van der Waals surface area contributed by atoms with Crippen LogP contribution in [0.1, 0.15) is 28.3 Å². The Balaban J connectivity index is 1.56. The lowest BCUT2D eigenvalue weighted by Gasteiger charge is -2.25. The number of hydrogen-bond acceptors (Lipinski definition) is 3. The number of ketones is 1. The lowest BCUT2D eigenvalue weighted by atomic mass is 9.94. The fourth-order valence-corrected chi connectivity index (χ4v) is 4.55. The standard InChI is InChI=1S/C28H23FN2O3/c1-17-6-8-18(9-7-17)25-24(26(32)19-10-12-21(29)13-11-19)27(33)28(34)31(25)15-14-20-16-30-23-5-3-2-4-22(20)23/h2-13,16,25,30,32H,14-15H2,1H3/b26-24+. The Bertz CT molecular complexity index is 1420. The summed E-state index contributed by atoms with van der Waals surface area (Å²) in [5.41, 5.74) is 4.11. The molecule has 5 rings (SSSR count). The zero-order valence-corrected chi connectivity index (χ0v) is 18.6. The van der Waals surface area contributed by atoms with Gasteiger partial charge in [-0.25, -0.2) is 4.39 Å². The van der Waals surface area contributed by atoms with Gasteiger partial charge in [0.2, 0.25) is 0 Å². The summed E-state index contributed by atoms with van der Waals surface area (Å²) in [7, 11) is 0. The Morgan fingerprint density at radius 3 is 2.44 bits per heavy atom. The Morgan fingerprint density at radius 2 is 1.71 bits per heavy atom. The van der Waals surface area contributed by atoms with Crippen LogP contribution in [0.4, 0.5) is 4.39 Å². The first-order valence-electron chi connectivity index (χ1n) is 11.1. The number of fused-ring (bicyclic) bond motifs is 1. The predicted molar refractivity (Wildman–Crippen MR) is 129 cm³/mol. The molecular formula is C28H23FN2O3. The second-order valence-corrected chi connectivity index (χ2v) is 8.52. The lowest BCUT2D eigenvalue weighted by molar-refractivity contribution is -0.139. The van der Waals surface area contributed by atoms with Crippen LogP contribution in [0.3, 0.4) is 0 Å². The van der Waals surface area contributed by atoms with Gasteiger partial charge in [0.25, 0.3) is 11.7 Å². The van der Waals surface area contributed by atoms with Gasteiger partial charge in [-0.2, -0.15) is 0 Å². The number of carbonyl (C=O) groups excluding carboxylic acids is 2. The van der Waals surface area contributed by atoms with Crippen molar-refractivity contribution in [2.24, 2.45) is 0 Å². The summed E-state index contributed by atoms with van der Waals surface area (Å²) >= 11 is 0. The van der Waals surface area contributed by atoms with Gasteiger partial charge in [-0.05, 0) is 54.8 Å². The van der Waals surface area contributed by atoms with E-state index in [9.17, 15) is 19.1 Å². The number of aliphatic hydroxyl groups is 1. The summed E-state index contributed by atoms with van der Waals surface area (Å²) in [4.78, 5) is 31.0. The third-order valence-corrected chi connectivity index (χ3v) is 6.35. The lowest BCUT2D eigenvalue weighted by Crippen LogP contribution is -2.31. The second kappa shape index (κ2) is 8.63. The minimum atomic E-state index is -0.744.